The van der Waals surface area contributed by atoms with Crippen molar-refractivity contribution in [2.75, 3.05) is 18.3 Å². The Morgan fingerprint density at radius 2 is 0.800 bits per heavy atom. The topological polar surface area (TPSA) is 30.0 Å². The third-order valence-electron chi connectivity index (χ3n) is 3.91. The van der Waals surface area contributed by atoms with Gasteiger partial charge in [-0.25, -0.2) is 0 Å². The molecule has 0 radical (unpaired) electrons. The minimum Gasteiger partial charge on any atom is -0.870 e. The van der Waals surface area contributed by atoms with Crippen molar-refractivity contribution < 1.29 is 5.48 Å². The Morgan fingerprint density at radius 3 is 1.10 bits per heavy atom. The van der Waals surface area contributed by atoms with E-state index in [1.165, 1.54) is 95.6 Å². The van der Waals surface area contributed by atoms with E-state index in [2.05, 4.69) is 19.4 Å². The van der Waals surface area contributed by atoms with Crippen LogP contribution >= 0.6 is 0 Å². The Balaban J connectivity index is 0. The van der Waals surface area contributed by atoms with Gasteiger partial charge < -0.3 is 5.48 Å². The van der Waals surface area contributed by atoms with Crippen molar-refractivity contribution in [2.45, 2.75) is 96.8 Å². The largest absolute Gasteiger partial charge is 0.870 e. The molecule has 20 heavy (non-hydrogen) atoms. The quantitative estimate of drug-likeness (QED) is 0.263. The average Bonchev–Trinajstić information content (AvgIpc) is 2.39. The van der Waals surface area contributed by atoms with Crippen LogP contribution < -0.4 is 0 Å². The van der Waals surface area contributed by atoms with Crippen LogP contribution in [0.2, 0.25) is 0 Å². The van der Waals surface area contributed by atoms with Crippen LogP contribution in [0.4, 0.5) is 0 Å². The maximum atomic E-state index is 2.36. The summed E-state index contributed by atoms with van der Waals surface area (Å²) in [4.78, 5) is 0. The van der Waals surface area contributed by atoms with Crippen LogP contribution in [0.5, 0.6) is 0 Å². The molecule has 0 rings (SSSR count). The molecule has 0 heterocycles. The first-order valence-corrected chi connectivity index (χ1v) is 11.0. The van der Waals surface area contributed by atoms with Gasteiger partial charge in [0.15, 0.2) is 0 Å². The Labute approximate surface area is 132 Å². The van der Waals surface area contributed by atoms with Crippen molar-refractivity contribution >= 4 is 10.9 Å². The van der Waals surface area contributed by atoms with Gasteiger partial charge in [-0.1, -0.05) is 84.0 Å². The normalized spacial score (nSPS) is 10.8. The lowest BCUT2D eigenvalue weighted by Gasteiger charge is -2.03. The maximum absolute atomic E-state index is 2.36. The van der Waals surface area contributed by atoms with E-state index >= 15 is 0 Å². The highest BCUT2D eigenvalue weighted by Crippen LogP contribution is 2.13. The van der Waals surface area contributed by atoms with E-state index in [9.17, 15) is 0 Å². The average molecular weight is 305 g/mol. The zero-order valence-electron chi connectivity index (χ0n) is 14.5. The smallest absolute Gasteiger partial charge is 0.107 e. The Hall–Kier alpha value is 0.310. The second-order valence-corrected chi connectivity index (χ2v) is 8.67. The molecule has 0 aliphatic rings. The molecule has 0 bridgehead atoms. The van der Waals surface area contributed by atoms with Gasteiger partial charge in [0.1, 0.15) is 5.75 Å². The fraction of sp³-hybridized carbons (Fsp3) is 1.00. The molecule has 0 spiro atoms. The van der Waals surface area contributed by atoms with Crippen LogP contribution in [-0.4, -0.2) is 23.7 Å². The minimum absolute atomic E-state index is 0. The number of hydrogen-bond donors (Lipinski definition) is 0. The number of unbranched alkanes of at least 4 members (excludes halogenated alkanes) is 13. The van der Waals surface area contributed by atoms with Crippen LogP contribution in [0.1, 0.15) is 96.8 Å². The molecular weight excluding hydrogens is 264 g/mol. The van der Waals surface area contributed by atoms with Crippen molar-refractivity contribution in [1.82, 2.24) is 0 Å². The summed E-state index contributed by atoms with van der Waals surface area (Å²) in [6.45, 7) is 2.29. The van der Waals surface area contributed by atoms with E-state index < -0.39 is 0 Å². The molecule has 0 atom stereocenters. The molecular formula is C18H40OS. The fourth-order valence-electron chi connectivity index (χ4n) is 2.59. The number of hydrogen-bond acceptors (Lipinski definition) is 1. The molecule has 0 aliphatic heterocycles. The van der Waals surface area contributed by atoms with Crippen LogP contribution in [0.3, 0.4) is 0 Å². The van der Waals surface area contributed by atoms with Crippen LogP contribution in [0.15, 0.2) is 0 Å². The lowest BCUT2D eigenvalue weighted by atomic mass is 10.0. The second-order valence-electron chi connectivity index (χ2n) is 6.29. The predicted octanol–water partition coefficient (Wildman–Crippen LogP) is 6.17. The van der Waals surface area contributed by atoms with E-state index in [1.807, 2.05) is 0 Å². The molecule has 0 amide bonds. The molecule has 0 aromatic heterocycles. The molecule has 1 N–H and O–H groups in total. The third kappa shape index (κ3) is 20.6. The van der Waals surface area contributed by atoms with Crippen molar-refractivity contribution in [3.05, 3.63) is 0 Å². The molecule has 2 heteroatoms. The van der Waals surface area contributed by atoms with Gasteiger partial charge in [0.2, 0.25) is 0 Å². The second kappa shape index (κ2) is 19.3. The number of rotatable bonds is 15. The van der Waals surface area contributed by atoms with Gasteiger partial charge in [-0.05, 0) is 23.7 Å². The summed E-state index contributed by atoms with van der Waals surface area (Å²) in [6.07, 6.45) is 25.3. The van der Waals surface area contributed by atoms with Gasteiger partial charge >= 0.3 is 0 Å². The molecule has 0 aromatic rings. The summed E-state index contributed by atoms with van der Waals surface area (Å²) < 4.78 is 0. The van der Waals surface area contributed by atoms with Gasteiger partial charge in [-0.3, -0.25) is 0 Å². The highest BCUT2D eigenvalue weighted by molar-refractivity contribution is 7.95. The molecule has 0 fully saturated rings. The fourth-order valence-corrected chi connectivity index (χ4v) is 3.37. The molecule has 0 saturated carbocycles. The lowest BCUT2D eigenvalue weighted by molar-refractivity contribution is 0.538. The van der Waals surface area contributed by atoms with E-state index in [0.29, 0.717) is 10.9 Å². The molecule has 0 aliphatic carbocycles. The van der Waals surface area contributed by atoms with Crippen LogP contribution in [-0.2, 0) is 10.9 Å². The first kappa shape index (κ1) is 22.6. The Bertz CT molecular complexity index is 159. The highest BCUT2D eigenvalue weighted by atomic mass is 32.2. The highest BCUT2D eigenvalue weighted by Gasteiger charge is 2.00. The first-order valence-electron chi connectivity index (χ1n) is 8.81. The van der Waals surface area contributed by atoms with E-state index in [0.717, 1.165) is 0 Å². The van der Waals surface area contributed by atoms with E-state index in [4.69, 9.17) is 0 Å². The standard InChI is InChI=1S/C18H39S.H2O/c1-4-5-6-7-8-9-10-11-12-13-14-15-16-17-18-19(2)3;/h4-18H2,1-3H3;1H2/q+1;/p-1. The summed E-state index contributed by atoms with van der Waals surface area (Å²) in [5, 5.41) is 0. The summed E-state index contributed by atoms with van der Waals surface area (Å²) in [5.74, 6) is 1.46. The molecule has 0 saturated heterocycles. The predicted molar refractivity (Wildman–Crippen MR) is 96.3 cm³/mol. The maximum Gasteiger partial charge on any atom is 0.107 e. The monoisotopic (exact) mass is 304 g/mol. The van der Waals surface area contributed by atoms with Crippen LogP contribution in [0.25, 0.3) is 0 Å². The Kier molecular flexibility index (Phi) is 21.8. The summed E-state index contributed by atoms with van der Waals surface area (Å²) in [6, 6.07) is 0. The SMILES string of the molecule is CCCCCCCCCCCCCCCC[S+](C)C.[OH-]. The molecule has 124 valence electrons. The van der Waals surface area contributed by atoms with E-state index in [-0.39, 0.29) is 5.48 Å². The van der Waals surface area contributed by atoms with E-state index in [1.54, 1.807) is 0 Å². The van der Waals surface area contributed by atoms with Crippen molar-refractivity contribution in [3.8, 4) is 0 Å². The van der Waals surface area contributed by atoms with Gasteiger partial charge in [0, 0.05) is 0 Å². The van der Waals surface area contributed by atoms with Gasteiger partial charge in [0.25, 0.3) is 0 Å². The van der Waals surface area contributed by atoms with Crippen molar-refractivity contribution in [2.24, 2.45) is 0 Å². The summed E-state index contributed by atoms with van der Waals surface area (Å²) in [5.41, 5.74) is 0. The Morgan fingerprint density at radius 1 is 0.500 bits per heavy atom. The minimum atomic E-state index is 0. The third-order valence-corrected chi connectivity index (χ3v) is 5.01. The summed E-state index contributed by atoms with van der Waals surface area (Å²) >= 11 is 0. The lowest BCUT2D eigenvalue weighted by Crippen LogP contribution is -2.00. The first-order chi connectivity index (χ1) is 9.27. The zero-order valence-corrected chi connectivity index (χ0v) is 15.3. The van der Waals surface area contributed by atoms with Gasteiger partial charge in [-0.15, -0.1) is 0 Å². The van der Waals surface area contributed by atoms with Crippen LogP contribution in [0, 0.1) is 0 Å². The van der Waals surface area contributed by atoms with Gasteiger partial charge in [0.05, 0.1) is 12.5 Å². The molecule has 0 unspecified atom stereocenters. The van der Waals surface area contributed by atoms with Crippen molar-refractivity contribution in [1.29, 1.82) is 0 Å². The molecule has 1 nitrogen and oxygen atoms in total. The van der Waals surface area contributed by atoms with Crippen molar-refractivity contribution in [3.63, 3.8) is 0 Å². The summed E-state index contributed by atoms with van der Waals surface area (Å²) in [7, 11) is 0.668. The zero-order chi connectivity index (χ0) is 14.2. The molecule has 0 aromatic carbocycles. The van der Waals surface area contributed by atoms with Gasteiger partial charge in [-0.2, -0.15) is 0 Å².